The van der Waals surface area contributed by atoms with Crippen molar-refractivity contribution in [1.82, 2.24) is 0 Å². The topological polar surface area (TPSA) is 12.0 Å². The SMILES string of the molecule is CCC1CCCCC1Nc1ccc(Br)cc1C. The Morgan fingerprint density at radius 1 is 1.29 bits per heavy atom. The van der Waals surface area contributed by atoms with Gasteiger partial charge in [-0.3, -0.25) is 0 Å². The molecule has 0 amide bonds. The summed E-state index contributed by atoms with van der Waals surface area (Å²) in [5.74, 6) is 0.854. The highest BCUT2D eigenvalue weighted by Gasteiger charge is 2.23. The maximum absolute atomic E-state index is 3.76. The van der Waals surface area contributed by atoms with Gasteiger partial charge in [-0.05, 0) is 49.4 Å². The molecule has 0 radical (unpaired) electrons. The number of aryl methyl sites for hydroxylation is 1. The average molecular weight is 296 g/mol. The summed E-state index contributed by atoms with van der Waals surface area (Å²) in [5.41, 5.74) is 2.64. The number of hydrogen-bond acceptors (Lipinski definition) is 1. The molecule has 1 aromatic carbocycles. The van der Waals surface area contributed by atoms with Crippen LogP contribution in [0.1, 0.15) is 44.6 Å². The van der Waals surface area contributed by atoms with Crippen LogP contribution in [-0.4, -0.2) is 6.04 Å². The second kappa shape index (κ2) is 5.90. The van der Waals surface area contributed by atoms with E-state index in [1.807, 2.05) is 0 Å². The van der Waals surface area contributed by atoms with E-state index in [1.54, 1.807) is 0 Å². The first-order valence-electron chi connectivity index (χ1n) is 6.73. The third-order valence-corrected chi connectivity index (χ3v) is 4.46. The van der Waals surface area contributed by atoms with Crippen molar-refractivity contribution in [2.45, 2.75) is 52.0 Å². The number of nitrogens with one attached hydrogen (secondary N) is 1. The van der Waals surface area contributed by atoms with Crippen molar-refractivity contribution in [2.24, 2.45) is 5.92 Å². The second-order valence-electron chi connectivity index (χ2n) is 5.16. The van der Waals surface area contributed by atoms with Crippen molar-refractivity contribution in [1.29, 1.82) is 0 Å². The molecule has 0 bridgehead atoms. The van der Waals surface area contributed by atoms with Gasteiger partial charge in [-0.15, -0.1) is 0 Å². The third kappa shape index (κ3) is 3.25. The Balaban J connectivity index is 2.08. The Morgan fingerprint density at radius 3 is 2.76 bits per heavy atom. The molecule has 2 atom stereocenters. The smallest absolute Gasteiger partial charge is 0.0372 e. The van der Waals surface area contributed by atoms with Crippen LogP contribution in [0.2, 0.25) is 0 Å². The van der Waals surface area contributed by atoms with E-state index in [-0.39, 0.29) is 0 Å². The van der Waals surface area contributed by atoms with Crippen molar-refractivity contribution in [2.75, 3.05) is 5.32 Å². The first-order valence-corrected chi connectivity index (χ1v) is 7.52. The minimum atomic E-state index is 0.675. The number of hydrogen-bond donors (Lipinski definition) is 1. The highest BCUT2D eigenvalue weighted by atomic mass is 79.9. The van der Waals surface area contributed by atoms with Gasteiger partial charge >= 0.3 is 0 Å². The molecule has 0 spiro atoms. The highest BCUT2D eigenvalue weighted by Crippen LogP contribution is 2.30. The van der Waals surface area contributed by atoms with Gasteiger partial charge in [-0.25, -0.2) is 0 Å². The van der Waals surface area contributed by atoms with Crippen molar-refractivity contribution >= 4 is 21.6 Å². The third-order valence-electron chi connectivity index (χ3n) is 3.96. The Morgan fingerprint density at radius 2 is 2.06 bits per heavy atom. The number of benzene rings is 1. The lowest BCUT2D eigenvalue weighted by molar-refractivity contribution is 0.317. The molecule has 1 aromatic rings. The summed E-state index contributed by atoms with van der Waals surface area (Å²) in [4.78, 5) is 0. The first-order chi connectivity index (χ1) is 8.20. The molecule has 0 saturated heterocycles. The molecular formula is C15H22BrN. The molecular weight excluding hydrogens is 274 g/mol. The molecule has 2 unspecified atom stereocenters. The van der Waals surface area contributed by atoms with Crippen molar-refractivity contribution in [3.8, 4) is 0 Å². The van der Waals surface area contributed by atoms with Crippen LogP contribution in [0.15, 0.2) is 22.7 Å². The molecule has 1 aliphatic rings. The number of anilines is 1. The van der Waals surface area contributed by atoms with E-state index in [1.165, 1.54) is 43.4 Å². The van der Waals surface area contributed by atoms with E-state index < -0.39 is 0 Å². The van der Waals surface area contributed by atoms with Gasteiger partial charge in [0.05, 0.1) is 0 Å². The zero-order chi connectivity index (χ0) is 12.3. The van der Waals surface area contributed by atoms with Gasteiger partial charge in [-0.2, -0.15) is 0 Å². The van der Waals surface area contributed by atoms with Crippen LogP contribution in [0.4, 0.5) is 5.69 Å². The molecule has 1 aliphatic carbocycles. The Bertz CT molecular complexity index is 375. The number of rotatable bonds is 3. The van der Waals surface area contributed by atoms with Crippen LogP contribution >= 0.6 is 15.9 Å². The molecule has 1 fully saturated rings. The van der Waals surface area contributed by atoms with Gasteiger partial charge < -0.3 is 5.32 Å². The molecule has 17 heavy (non-hydrogen) atoms. The summed E-state index contributed by atoms with van der Waals surface area (Å²) in [7, 11) is 0. The molecule has 2 rings (SSSR count). The van der Waals surface area contributed by atoms with Crippen LogP contribution in [0.25, 0.3) is 0 Å². The van der Waals surface area contributed by atoms with Gasteiger partial charge in [0.25, 0.3) is 0 Å². The van der Waals surface area contributed by atoms with Crippen LogP contribution in [0, 0.1) is 12.8 Å². The Hall–Kier alpha value is -0.500. The molecule has 0 aromatic heterocycles. The van der Waals surface area contributed by atoms with Crippen molar-refractivity contribution in [3.05, 3.63) is 28.2 Å². The maximum Gasteiger partial charge on any atom is 0.0372 e. The van der Waals surface area contributed by atoms with Gasteiger partial charge in [-0.1, -0.05) is 42.1 Å². The molecule has 0 heterocycles. The van der Waals surface area contributed by atoms with E-state index in [0.29, 0.717) is 6.04 Å². The predicted molar refractivity (Wildman–Crippen MR) is 78.5 cm³/mol. The lowest BCUT2D eigenvalue weighted by Gasteiger charge is -2.32. The maximum atomic E-state index is 3.76. The molecule has 0 aliphatic heterocycles. The average Bonchev–Trinajstić information content (AvgIpc) is 2.33. The van der Waals surface area contributed by atoms with Gasteiger partial charge in [0.2, 0.25) is 0 Å². The minimum absolute atomic E-state index is 0.675. The summed E-state index contributed by atoms with van der Waals surface area (Å²) in [6.07, 6.45) is 6.81. The van der Waals surface area contributed by atoms with E-state index in [2.05, 4.69) is 53.3 Å². The van der Waals surface area contributed by atoms with Gasteiger partial charge in [0, 0.05) is 16.2 Å². The summed E-state index contributed by atoms with van der Waals surface area (Å²) in [6, 6.07) is 7.18. The normalized spacial score (nSPS) is 24.6. The largest absolute Gasteiger partial charge is 0.382 e. The summed E-state index contributed by atoms with van der Waals surface area (Å²) in [6.45, 7) is 4.50. The van der Waals surface area contributed by atoms with Crippen molar-refractivity contribution < 1.29 is 0 Å². The standard InChI is InChI=1S/C15H22BrN/c1-3-12-6-4-5-7-15(12)17-14-9-8-13(16)10-11(14)2/h8-10,12,15,17H,3-7H2,1-2H3. The summed E-state index contributed by atoms with van der Waals surface area (Å²) >= 11 is 3.52. The molecule has 1 N–H and O–H groups in total. The van der Waals surface area contributed by atoms with E-state index in [0.717, 1.165) is 10.4 Å². The molecule has 1 nitrogen and oxygen atoms in total. The van der Waals surface area contributed by atoms with Crippen LogP contribution in [0.3, 0.4) is 0 Å². The highest BCUT2D eigenvalue weighted by molar-refractivity contribution is 9.10. The monoisotopic (exact) mass is 295 g/mol. The fourth-order valence-corrected chi connectivity index (χ4v) is 3.35. The van der Waals surface area contributed by atoms with E-state index in [4.69, 9.17) is 0 Å². The lowest BCUT2D eigenvalue weighted by Crippen LogP contribution is -2.32. The molecule has 2 heteroatoms. The van der Waals surface area contributed by atoms with Gasteiger partial charge in [0.1, 0.15) is 0 Å². The fraction of sp³-hybridized carbons (Fsp3) is 0.600. The van der Waals surface area contributed by atoms with E-state index in [9.17, 15) is 0 Å². The molecule has 94 valence electrons. The van der Waals surface area contributed by atoms with Crippen LogP contribution in [-0.2, 0) is 0 Å². The molecule has 1 saturated carbocycles. The van der Waals surface area contributed by atoms with Gasteiger partial charge in [0.15, 0.2) is 0 Å². The number of halogens is 1. The van der Waals surface area contributed by atoms with Crippen LogP contribution in [0.5, 0.6) is 0 Å². The zero-order valence-corrected chi connectivity index (χ0v) is 12.4. The van der Waals surface area contributed by atoms with Crippen LogP contribution < -0.4 is 5.32 Å². The zero-order valence-electron chi connectivity index (χ0n) is 10.8. The predicted octanol–water partition coefficient (Wildman–Crippen LogP) is 5.14. The second-order valence-corrected chi connectivity index (χ2v) is 6.08. The summed E-state index contributed by atoms with van der Waals surface area (Å²) in [5, 5.41) is 3.76. The lowest BCUT2D eigenvalue weighted by atomic mass is 9.82. The quantitative estimate of drug-likeness (QED) is 0.814. The fourth-order valence-electron chi connectivity index (χ4n) is 2.88. The van der Waals surface area contributed by atoms with Crippen molar-refractivity contribution in [3.63, 3.8) is 0 Å². The van der Waals surface area contributed by atoms with E-state index >= 15 is 0 Å². The Kier molecular flexibility index (Phi) is 4.49. The Labute approximate surface area is 113 Å². The minimum Gasteiger partial charge on any atom is -0.382 e. The first kappa shape index (κ1) is 12.9. The summed E-state index contributed by atoms with van der Waals surface area (Å²) < 4.78 is 1.16.